The van der Waals surface area contributed by atoms with E-state index in [2.05, 4.69) is 5.32 Å². The number of carbonyl (C=O) groups is 2. The first-order chi connectivity index (χ1) is 12.5. The molecule has 1 amide bonds. The van der Waals surface area contributed by atoms with Crippen molar-refractivity contribution in [3.05, 3.63) is 50.4 Å². The lowest BCUT2D eigenvalue weighted by Crippen LogP contribution is -2.26. The van der Waals surface area contributed by atoms with Crippen LogP contribution in [0.25, 0.3) is 0 Å². The van der Waals surface area contributed by atoms with E-state index in [1.807, 2.05) is 0 Å². The van der Waals surface area contributed by atoms with Gasteiger partial charge in [-0.2, -0.15) is 0 Å². The summed E-state index contributed by atoms with van der Waals surface area (Å²) >= 11 is 7.00. The maximum atomic E-state index is 13.7. The predicted octanol–water partition coefficient (Wildman–Crippen LogP) is 3.73. The Morgan fingerprint density at radius 3 is 2.88 bits per heavy atom. The molecule has 138 valence electrons. The summed E-state index contributed by atoms with van der Waals surface area (Å²) in [6, 6.07) is 6.11. The molecule has 0 radical (unpaired) electrons. The highest BCUT2D eigenvalue weighted by Crippen LogP contribution is 2.29. The first kappa shape index (κ1) is 18.8. The molecule has 0 spiro atoms. The van der Waals surface area contributed by atoms with Gasteiger partial charge in [-0.15, -0.1) is 11.3 Å². The number of hydrogen-bond donors (Lipinski definition) is 1. The number of rotatable bonds is 7. The highest BCUT2D eigenvalue weighted by atomic mass is 35.5. The van der Waals surface area contributed by atoms with Crippen molar-refractivity contribution in [3.63, 3.8) is 0 Å². The highest BCUT2D eigenvalue weighted by molar-refractivity contribution is 7.18. The summed E-state index contributed by atoms with van der Waals surface area (Å²) in [5.74, 6) is -0.0730. The second-order valence-corrected chi connectivity index (χ2v) is 7.51. The SMILES string of the molecule is O=C(CCC(=O)c1ccc(Cl)s1)NCCc1cc(F)cc2c1OCOC2. The molecule has 26 heavy (non-hydrogen) atoms. The Morgan fingerprint density at radius 1 is 1.27 bits per heavy atom. The monoisotopic (exact) mass is 397 g/mol. The van der Waals surface area contributed by atoms with Gasteiger partial charge in [0, 0.05) is 24.9 Å². The minimum atomic E-state index is -0.362. The Morgan fingerprint density at radius 2 is 2.12 bits per heavy atom. The molecular weight excluding hydrogens is 381 g/mol. The molecular formula is C18H17ClFNO4S. The molecule has 0 fully saturated rings. The fraction of sp³-hybridized carbons (Fsp3) is 0.333. The average molecular weight is 398 g/mol. The molecule has 8 heteroatoms. The topological polar surface area (TPSA) is 64.6 Å². The van der Waals surface area contributed by atoms with Crippen LogP contribution in [-0.4, -0.2) is 25.0 Å². The summed E-state index contributed by atoms with van der Waals surface area (Å²) in [7, 11) is 0. The van der Waals surface area contributed by atoms with E-state index in [1.54, 1.807) is 12.1 Å². The molecule has 0 saturated carbocycles. The lowest BCUT2D eigenvalue weighted by atomic mass is 10.1. The van der Waals surface area contributed by atoms with Gasteiger partial charge in [-0.25, -0.2) is 4.39 Å². The normalized spacial score (nSPS) is 13.0. The Bertz CT molecular complexity index is 824. The lowest BCUT2D eigenvalue weighted by Gasteiger charge is -2.21. The van der Waals surface area contributed by atoms with Crippen LogP contribution in [0.3, 0.4) is 0 Å². The maximum absolute atomic E-state index is 13.7. The zero-order chi connectivity index (χ0) is 18.5. The Balaban J connectivity index is 1.47. The maximum Gasteiger partial charge on any atom is 0.220 e. The van der Waals surface area contributed by atoms with Crippen LogP contribution in [-0.2, 0) is 22.6 Å². The zero-order valence-electron chi connectivity index (χ0n) is 13.8. The van der Waals surface area contributed by atoms with Crippen molar-refractivity contribution in [3.8, 4) is 5.75 Å². The van der Waals surface area contributed by atoms with Crippen LogP contribution in [0, 0.1) is 5.82 Å². The van der Waals surface area contributed by atoms with E-state index in [0.29, 0.717) is 45.7 Å². The number of Topliss-reactive ketones (excluding diaryl/α,β-unsaturated/α-hetero) is 1. The average Bonchev–Trinajstić information content (AvgIpc) is 3.06. The largest absolute Gasteiger partial charge is 0.467 e. The van der Waals surface area contributed by atoms with E-state index in [1.165, 1.54) is 23.5 Å². The van der Waals surface area contributed by atoms with Crippen molar-refractivity contribution in [2.45, 2.75) is 25.9 Å². The molecule has 0 aliphatic carbocycles. The molecule has 1 N–H and O–H groups in total. The van der Waals surface area contributed by atoms with Gasteiger partial charge < -0.3 is 14.8 Å². The van der Waals surface area contributed by atoms with Crippen molar-refractivity contribution in [2.75, 3.05) is 13.3 Å². The third-order valence-electron chi connectivity index (χ3n) is 3.90. The molecule has 1 aromatic heterocycles. The fourth-order valence-electron chi connectivity index (χ4n) is 2.68. The third kappa shape index (κ3) is 4.81. The van der Waals surface area contributed by atoms with E-state index in [0.717, 1.165) is 0 Å². The second kappa shape index (κ2) is 8.62. The standard InChI is InChI=1S/C18H17ClFNO4S/c19-16-3-2-15(26-16)14(22)1-4-17(23)21-6-5-11-7-13(20)8-12-9-24-10-25-18(11)12/h2-3,7-8H,1,4-6,9-10H2,(H,21,23). The number of fused-ring (bicyclic) bond motifs is 1. The number of hydrogen-bond acceptors (Lipinski definition) is 5. The van der Waals surface area contributed by atoms with Crippen LogP contribution >= 0.6 is 22.9 Å². The van der Waals surface area contributed by atoms with Gasteiger partial charge in [0.2, 0.25) is 5.91 Å². The molecule has 0 saturated heterocycles. The van der Waals surface area contributed by atoms with E-state index in [4.69, 9.17) is 21.1 Å². The van der Waals surface area contributed by atoms with Crippen molar-refractivity contribution in [1.82, 2.24) is 5.32 Å². The number of benzene rings is 1. The molecule has 1 aromatic carbocycles. The Labute approximate surface area is 159 Å². The molecule has 2 aromatic rings. The number of thiophene rings is 1. The van der Waals surface area contributed by atoms with Gasteiger partial charge in [-0.3, -0.25) is 9.59 Å². The molecule has 0 bridgehead atoms. The number of amides is 1. The summed E-state index contributed by atoms with van der Waals surface area (Å²) in [6.45, 7) is 0.770. The van der Waals surface area contributed by atoms with Crippen molar-refractivity contribution >= 4 is 34.6 Å². The molecule has 0 atom stereocenters. The lowest BCUT2D eigenvalue weighted by molar-refractivity contribution is -0.121. The summed E-state index contributed by atoms with van der Waals surface area (Å²) < 4.78 is 24.8. The summed E-state index contributed by atoms with van der Waals surface area (Å²) in [6.07, 6.45) is 0.652. The number of carbonyl (C=O) groups excluding carboxylic acids is 2. The van der Waals surface area contributed by atoms with E-state index < -0.39 is 0 Å². The first-order valence-electron chi connectivity index (χ1n) is 8.10. The van der Waals surface area contributed by atoms with Crippen LogP contribution < -0.4 is 10.1 Å². The summed E-state index contributed by atoms with van der Waals surface area (Å²) in [4.78, 5) is 24.4. The second-order valence-electron chi connectivity index (χ2n) is 5.79. The Hall–Kier alpha value is -1.96. The van der Waals surface area contributed by atoms with Crippen molar-refractivity contribution in [2.24, 2.45) is 0 Å². The van der Waals surface area contributed by atoms with Crippen LogP contribution in [0.1, 0.15) is 33.6 Å². The van der Waals surface area contributed by atoms with Gasteiger partial charge >= 0.3 is 0 Å². The van der Waals surface area contributed by atoms with Crippen LogP contribution in [0.15, 0.2) is 24.3 Å². The van der Waals surface area contributed by atoms with Crippen molar-refractivity contribution < 1.29 is 23.5 Å². The molecule has 2 heterocycles. The van der Waals surface area contributed by atoms with Gasteiger partial charge in [0.15, 0.2) is 12.6 Å². The number of ketones is 1. The number of nitrogens with one attached hydrogen (secondary N) is 1. The van der Waals surface area contributed by atoms with E-state index in [9.17, 15) is 14.0 Å². The minimum Gasteiger partial charge on any atom is -0.467 e. The van der Waals surface area contributed by atoms with Gasteiger partial charge in [0.05, 0.1) is 15.8 Å². The smallest absolute Gasteiger partial charge is 0.220 e. The predicted molar refractivity (Wildman–Crippen MR) is 96.3 cm³/mol. The molecule has 0 unspecified atom stereocenters. The third-order valence-corrected chi connectivity index (χ3v) is 5.17. The van der Waals surface area contributed by atoms with Crippen LogP contribution in [0.5, 0.6) is 5.75 Å². The highest BCUT2D eigenvalue weighted by Gasteiger charge is 2.17. The molecule has 5 nitrogen and oxygen atoms in total. The first-order valence-corrected chi connectivity index (χ1v) is 9.29. The van der Waals surface area contributed by atoms with Crippen molar-refractivity contribution in [1.29, 1.82) is 0 Å². The zero-order valence-corrected chi connectivity index (χ0v) is 15.4. The van der Waals surface area contributed by atoms with E-state index >= 15 is 0 Å². The minimum absolute atomic E-state index is 0.0972. The van der Waals surface area contributed by atoms with Gasteiger partial charge in [-0.1, -0.05) is 11.6 Å². The van der Waals surface area contributed by atoms with Crippen LogP contribution in [0.4, 0.5) is 4.39 Å². The van der Waals surface area contributed by atoms with Gasteiger partial charge in [0.1, 0.15) is 11.6 Å². The number of ether oxygens (including phenoxy) is 2. The summed E-state index contributed by atoms with van der Waals surface area (Å²) in [5.41, 5.74) is 1.35. The van der Waals surface area contributed by atoms with Gasteiger partial charge in [-0.05, 0) is 36.2 Å². The van der Waals surface area contributed by atoms with E-state index in [-0.39, 0.29) is 37.1 Å². The number of halogens is 2. The molecule has 1 aliphatic rings. The van der Waals surface area contributed by atoms with Crippen LogP contribution in [0.2, 0.25) is 4.34 Å². The fourth-order valence-corrected chi connectivity index (χ4v) is 3.69. The van der Waals surface area contributed by atoms with Gasteiger partial charge in [0.25, 0.3) is 0 Å². The molecule has 3 rings (SSSR count). The Kier molecular flexibility index (Phi) is 6.24. The summed E-state index contributed by atoms with van der Waals surface area (Å²) in [5, 5.41) is 2.75. The quantitative estimate of drug-likeness (QED) is 0.723. The molecule has 1 aliphatic heterocycles.